The summed E-state index contributed by atoms with van der Waals surface area (Å²) in [6, 6.07) is 29.8. The van der Waals surface area contributed by atoms with Crippen LogP contribution in [0.25, 0.3) is 22.1 Å². The van der Waals surface area contributed by atoms with E-state index in [1.165, 1.54) is 22.1 Å². The summed E-state index contributed by atoms with van der Waals surface area (Å²) in [7, 11) is 0. The Hall–Kier alpha value is -3.36. The SMILES string of the molecule is [Br-].[Br-].c1cc2nc(c1)Cn1c[n+](c3ccccc31)Cc1cccc(n1)C[n+]1cn(c3ccccc31)C2. The van der Waals surface area contributed by atoms with Crippen molar-refractivity contribution in [2.24, 2.45) is 0 Å². The number of hydrogen-bond donors (Lipinski definition) is 0. The van der Waals surface area contributed by atoms with E-state index in [2.05, 4.69) is 116 Å². The third kappa shape index (κ3) is 4.35. The highest BCUT2D eigenvalue weighted by molar-refractivity contribution is 5.72. The van der Waals surface area contributed by atoms with Gasteiger partial charge in [0.2, 0.25) is 12.7 Å². The summed E-state index contributed by atoms with van der Waals surface area (Å²) in [5.41, 5.74) is 9.03. The van der Waals surface area contributed by atoms with Crippen molar-refractivity contribution in [1.29, 1.82) is 0 Å². The third-order valence-electron chi connectivity index (χ3n) is 6.62. The average Bonchev–Trinajstić information content (AvgIpc) is 3.37. The second kappa shape index (κ2) is 9.95. The number of halogens is 2. The number of rotatable bonds is 0. The van der Waals surface area contributed by atoms with Crippen LogP contribution in [0.3, 0.4) is 0 Å². The van der Waals surface area contributed by atoms with Crippen molar-refractivity contribution in [3.63, 3.8) is 0 Å². The molecule has 0 spiro atoms. The van der Waals surface area contributed by atoms with Crippen LogP contribution in [0, 0.1) is 0 Å². The lowest BCUT2D eigenvalue weighted by Crippen LogP contribution is -3.00. The van der Waals surface area contributed by atoms with Crippen molar-refractivity contribution in [2.75, 3.05) is 0 Å². The Labute approximate surface area is 230 Å². The maximum absolute atomic E-state index is 5.03. The van der Waals surface area contributed by atoms with Crippen molar-refractivity contribution in [3.05, 3.63) is 120 Å². The fourth-order valence-electron chi connectivity index (χ4n) is 5.10. The molecule has 8 heteroatoms. The molecule has 2 aromatic carbocycles. The highest BCUT2D eigenvalue weighted by Gasteiger charge is 2.20. The number of imidazole rings is 2. The van der Waals surface area contributed by atoms with E-state index in [4.69, 9.17) is 9.97 Å². The monoisotopic (exact) mass is 602 g/mol. The summed E-state index contributed by atoms with van der Waals surface area (Å²) in [6.07, 6.45) is 4.39. The Morgan fingerprint density at radius 1 is 0.500 bits per heavy atom. The largest absolute Gasteiger partial charge is 1.00 e. The molecule has 5 heterocycles. The van der Waals surface area contributed by atoms with Gasteiger partial charge in [0.1, 0.15) is 26.2 Å². The van der Waals surface area contributed by atoms with Gasteiger partial charge in [-0.3, -0.25) is 0 Å². The molecule has 0 N–H and O–H groups in total. The average molecular weight is 604 g/mol. The molecular weight excluding hydrogens is 580 g/mol. The highest BCUT2D eigenvalue weighted by atomic mass is 79.9. The topological polar surface area (TPSA) is 43.4 Å². The van der Waals surface area contributed by atoms with E-state index in [0.29, 0.717) is 0 Å². The van der Waals surface area contributed by atoms with Gasteiger partial charge in [0.05, 0.1) is 22.8 Å². The Morgan fingerprint density at radius 2 is 0.917 bits per heavy atom. The Morgan fingerprint density at radius 3 is 1.42 bits per heavy atom. The van der Waals surface area contributed by atoms with E-state index >= 15 is 0 Å². The second-order valence-electron chi connectivity index (χ2n) is 8.96. The van der Waals surface area contributed by atoms with Gasteiger partial charge in [0.25, 0.3) is 0 Å². The molecule has 0 unspecified atom stereocenters. The fraction of sp³-hybridized carbons (Fsp3) is 0.143. The van der Waals surface area contributed by atoms with Gasteiger partial charge in [-0.1, -0.05) is 36.4 Å². The first-order chi connectivity index (χ1) is 16.8. The van der Waals surface area contributed by atoms with Gasteiger partial charge < -0.3 is 34.0 Å². The maximum atomic E-state index is 5.03. The van der Waals surface area contributed by atoms with Gasteiger partial charge in [-0.25, -0.2) is 28.2 Å². The summed E-state index contributed by atoms with van der Waals surface area (Å²) in [5.74, 6) is 0. The zero-order valence-corrected chi connectivity index (χ0v) is 22.7. The number of benzene rings is 2. The molecule has 0 aliphatic carbocycles. The molecule has 4 aromatic heterocycles. The van der Waals surface area contributed by atoms with Crippen molar-refractivity contribution < 1.29 is 43.1 Å². The normalized spacial score (nSPS) is 12.7. The van der Waals surface area contributed by atoms with Crippen molar-refractivity contribution in [2.45, 2.75) is 26.2 Å². The lowest BCUT2D eigenvalue weighted by Gasteiger charge is -2.04. The van der Waals surface area contributed by atoms with Gasteiger partial charge in [0.15, 0.2) is 22.1 Å². The molecule has 0 fully saturated rings. The van der Waals surface area contributed by atoms with E-state index in [9.17, 15) is 0 Å². The molecule has 36 heavy (non-hydrogen) atoms. The number of aromatic nitrogens is 6. The highest BCUT2D eigenvalue weighted by Crippen LogP contribution is 2.16. The minimum absolute atomic E-state index is 0. The molecule has 7 rings (SSSR count). The smallest absolute Gasteiger partial charge is 0.245 e. The molecule has 180 valence electrons. The first-order valence-corrected chi connectivity index (χ1v) is 11.6. The van der Waals surface area contributed by atoms with E-state index in [1.807, 2.05) is 0 Å². The molecule has 0 amide bonds. The van der Waals surface area contributed by atoms with Crippen LogP contribution in [0.2, 0.25) is 0 Å². The van der Waals surface area contributed by atoms with Crippen LogP contribution in [0.1, 0.15) is 22.8 Å². The van der Waals surface area contributed by atoms with Gasteiger partial charge >= 0.3 is 0 Å². The van der Waals surface area contributed by atoms with Crippen LogP contribution < -0.4 is 43.1 Å². The molecular formula is C28H24Br2N6. The molecule has 8 bridgehead atoms. The fourth-order valence-corrected chi connectivity index (χ4v) is 5.10. The van der Waals surface area contributed by atoms with E-state index in [0.717, 1.165) is 49.0 Å². The summed E-state index contributed by atoms with van der Waals surface area (Å²) in [4.78, 5) is 10.1. The van der Waals surface area contributed by atoms with E-state index < -0.39 is 0 Å². The summed E-state index contributed by atoms with van der Waals surface area (Å²) >= 11 is 0. The molecule has 0 saturated carbocycles. The second-order valence-corrected chi connectivity index (χ2v) is 8.96. The molecule has 1 aliphatic rings. The standard InChI is InChI=1S/C28H24N6.2BrH/c1-2-12-26-25(11-1)31-15-21-7-5-9-23(29-21)17-33-20-34(28-14-4-3-13-27(28)33)18-24-10-6-8-22(30-24)16-32(26)19-31;;/h1-14,19-20H,15-18H2;2*1H/q+2;;/p-2. The van der Waals surface area contributed by atoms with Gasteiger partial charge in [-0.15, -0.1) is 0 Å². The lowest BCUT2D eigenvalue weighted by atomic mass is 10.2. The number of hydrogen-bond acceptors (Lipinski definition) is 2. The van der Waals surface area contributed by atoms with Crippen molar-refractivity contribution >= 4 is 22.1 Å². The quantitative estimate of drug-likeness (QED) is 0.180. The molecule has 6 nitrogen and oxygen atoms in total. The van der Waals surface area contributed by atoms with Crippen LogP contribution in [0.5, 0.6) is 0 Å². The summed E-state index contributed by atoms with van der Waals surface area (Å²) in [6.45, 7) is 2.89. The Balaban J connectivity index is 0.00000133. The van der Waals surface area contributed by atoms with Gasteiger partial charge in [0, 0.05) is 0 Å². The number of para-hydroxylation sites is 4. The van der Waals surface area contributed by atoms with E-state index in [1.54, 1.807) is 0 Å². The molecule has 0 atom stereocenters. The van der Waals surface area contributed by atoms with Crippen molar-refractivity contribution in [1.82, 2.24) is 19.1 Å². The van der Waals surface area contributed by atoms with Crippen molar-refractivity contribution in [3.8, 4) is 0 Å². The number of fused-ring (bicyclic) bond motifs is 14. The predicted octanol–water partition coefficient (Wildman–Crippen LogP) is -2.52. The Kier molecular flexibility index (Phi) is 6.73. The summed E-state index contributed by atoms with van der Waals surface area (Å²) < 4.78 is 9.15. The van der Waals surface area contributed by atoms with Crippen LogP contribution in [0.4, 0.5) is 0 Å². The zero-order valence-electron chi connectivity index (χ0n) is 19.5. The van der Waals surface area contributed by atoms with Crippen LogP contribution in [0.15, 0.2) is 97.6 Å². The first-order valence-electron chi connectivity index (χ1n) is 11.6. The minimum atomic E-state index is 0. The molecule has 1 aliphatic heterocycles. The van der Waals surface area contributed by atoms with E-state index in [-0.39, 0.29) is 34.0 Å². The van der Waals surface area contributed by atoms with Crippen LogP contribution in [-0.2, 0) is 26.2 Å². The van der Waals surface area contributed by atoms with Crippen LogP contribution in [-0.4, -0.2) is 19.1 Å². The molecule has 0 radical (unpaired) electrons. The van der Waals surface area contributed by atoms with Gasteiger partial charge in [-0.2, -0.15) is 0 Å². The molecule has 6 aromatic rings. The Bertz CT molecular complexity index is 1450. The zero-order chi connectivity index (χ0) is 22.5. The lowest BCUT2D eigenvalue weighted by molar-refractivity contribution is -0.665. The number of pyridine rings is 2. The molecule has 0 saturated heterocycles. The van der Waals surface area contributed by atoms with Gasteiger partial charge in [-0.05, 0) is 48.5 Å². The van der Waals surface area contributed by atoms with Crippen LogP contribution >= 0.6 is 0 Å². The first kappa shape index (κ1) is 24.3. The minimum Gasteiger partial charge on any atom is -1.00 e. The summed E-state index contributed by atoms with van der Waals surface area (Å²) in [5, 5.41) is 0. The third-order valence-corrected chi connectivity index (χ3v) is 6.62. The predicted molar refractivity (Wildman–Crippen MR) is 129 cm³/mol. The maximum Gasteiger partial charge on any atom is 0.245 e. The number of nitrogens with zero attached hydrogens (tertiary/aromatic N) is 6.